The number of carbonyl (C=O) groups excluding carboxylic acids is 1. The van der Waals surface area contributed by atoms with Gasteiger partial charge in [-0.25, -0.2) is 9.82 Å². The molecule has 4 aliphatic rings. The second-order valence-electron chi connectivity index (χ2n) is 7.53. The smallest absolute Gasteiger partial charge is 0.246 e. The molecule has 1 aromatic carbocycles. The van der Waals surface area contributed by atoms with Crippen LogP contribution in [0.25, 0.3) is 0 Å². The van der Waals surface area contributed by atoms with Gasteiger partial charge in [-0.2, -0.15) is 5.10 Å². The lowest BCUT2D eigenvalue weighted by Gasteiger charge is -2.55. The molecule has 1 amide bonds. The van der Waals surface area contributed by atoms with E-state index in [1.54, 1.807) is 12.1 Å². The van der Waals surface area contributed by atoms with E-state index in [4.69, 9.17) is 11.6 Å². The first-order chi connectivity index (χ1) is 11.1. The summed E-state index contributed by atoms with van der Waals surface area (Å²) in [6.45, 7) is 0. The predicted molar refractivity (Wildman–Crippen MR) is 87.8 cm³/mol. The molecule has 3 nitrogen and oxygen atoms in total. The average molecular weight is 335 g/mol. The molecule has 0 radical (unpaired) electrons. The highest BCUT2D eigenvalue weighted by Gasteiger charge is 2.54. The number of nitrogens with one attached hydrogen (secondary N) is 1. The third-order valence-corrected chi connectivity index (χ3v) is 6.21. The number of amides is 1. The van der Waals surface area contributed by atoms with E-state index in [2.05, 4.69) is 10.5 Å². The first-order valence-corrected chi connectivity index (χ1v) is 8.71. The number of hydrogen-bond donors (Lipinski definition) is 1. The average Bonchev–Trinajstić information content (AvgIpc) is 2.48. The third kappa shape index (κ3) is 2.67. The molecule has 0 spiro atoms. The SMILES string of the molecule is O=C(N/N=C/c1c(F)cccc1Cl)C12CC3CC(CC(C3)C1)C2. The van der Waals surface area contributed by atoms with Gasteiger partial charge in [0.1, 0.15) is 5.82 Å². The lowest BCUT2D eigenvalue weighted by molar-refractivity contribution is -0.146. The van der Waals surface area contributed by atoms with Crippen molar-refractivity contribution in [1.82, 2.24) is 5.43 Å². The molecule has 23 heavy (non-hydrogen) atoms. The van der Waals surface area contributed by atoms with Crippen molar-refractivity contribution in [3.63, 3.8) is 0 Å². The van der Waals surface area contributed by atoms with Crippen LogP contribution in [0.4, 0.5) is 4.39 Å². The van der Waals surface area contributed by atoms with Crippen LogP contribution in [0.2, 0.25) is 5.02 Å². The molecule has 0 unspecified atom stereocenters. The number of carbonyl (C=O) groups is 1. The molecule has 4 saturated carbocycles. The molecule has 5 heteroatoms. The van der Waals surface area contributed by atoms with E-state index in [-0.39, 0.29) is 21.9 Å². The summed E-state index contributed by atoms with van der Waals surface area (Å²) in [5.41, 5.74) is 2.61. The topological polar surface area (TPSA) is 41.5 Å². The minimum absolute atomic E-state index is 0.000289. The molecule has 4 fully saturated rings. The normalized spacial score (nSPS) is 35.0. The number of hydrogen-bond acceptors (Lipinski definition) is 2. The fraction of sp³-hybridized carbons (Fsp3) is 0.556. The van der Waals surface area contributed by atoms with Gasteiger partial charge in [-0.15, -0.1) is 0 Å². The summed E-state index contributed by atoms with van der Waals surface area (Å²) in [5, 5.41) is 4.26. The molecular weight excluding hydrogens is 315 g/mol. The van der Waals surface area contributed by atoms with Crippen LogP contribution >= 0.6 is 11.6 Å². The first-order valence-electron chi connectivity index (χ1n) is 8.33. The van der Waals surface area contributed by atoms with E-state index in [1.807, 2.05) is 0 Å². The zero-order valence-electron chi connectivity index (χ0n) is 12.9. The minimum atomic E-state index is -0.440. The quantitative estimate of drug-likeness (QED) is 0.655. The maximum Gasteiger partial charge on any atom is 0.246 e. The Kier molecular flexibility index (Phi) is 3.67. The molecular formula is C18H20ClFN2O. The predicted octanol–water partition coefficient (Wildman–Crippen LogP) is 4.15. The van der Waals surface area contributed by atoms with E-state index >= 15 is 0 Å². The first kappa shape index (κ1) is 15.1. The second kappa shape index (κ2) is 5.59. The van der Waals surface area contributed by atoms with E-state index < -0.39 is 5.82 Å². The van der Waals surface area contributed by atoms with Crippen LogP contribution in [-0.4, -0.2) is 12.1 Å². The summed E-state index contributed by atoms with van der Waals surface area (Å²) in [4.78, 5) is 12.7. The lowest BCUT2D eigenvalue weighted by atomic mass is 9.49. The van der Waals surface area contributed by atoms with Crippen molar-refractivity contribution in [2.75, 3.05) is 0 Å². The van der Waals surface area contributed by atoms with E-state index in [1.165, 1.54) is 31.5 Å². The molecule has 0 aliphatic heterocycles. The minimum Gasteiger partial charge on any atom is -0.273 e. The summed E-state index contributed by atoms with van der Waals surface area (Å²) in [6, 6.07) is 4.48. The maximum atomic E-state index is 13.7. The molecule has 122 valence electrons. The third-order valence-electron chi connectivity index (χ3n) is 5.88. The second-order valence-corrected chi connectivity index (χ2v) is 7.94. The summed E-state index contributed by atoms with van der Waals surface area (Å²) in [6.07, 6.45) is 8.14. The van der Waals surface area contributed by atoms with Crippen molar-refractivity contribution in [3.8, 4) is 0 Å². The van der Waals surface area contributed by atoms with Gasteiger partial charge in [0, 0.05) is 5.56 Å². The van der Waals surface area contributed by atoms with E-state index in [9.17, 15) is 9.18 Å². The molecule has 5 rings (SSSR count). The van der Waals surface area contributed by atoms with Crippen molar-refractivity contribution in [1.29, 1.82) is 0 Å². The number of halogens is 2. The molecule has 0 aromatic heterocycles. The Morgan fingerprint density at radius 2 is 1.83 bits per heavy atom. The van der Waals surface area contributed by atoms with Gasteiger partial charge in [0.05, 0.1) is 16.7 Å². The molecule has 1 aromatic rings. The van der Waals surface area contributed by atoms with Gasteiger partial charge in [0.25, 0.3) is 0 Å². The monoisotopic (exact) mass is 334 g/mol. The van der Waals surface area contributed by atoms with Crippen LogP contribution in [0.15, 0.2) is 23.3 Å². The van der Waals surface area contributed by atoms with Gasteiger partial charge in [0.15, 0.2) is 0 Å². The van der Waals surface area contributed by atoms with Gasteiger partial charge < -0.3 is 0 Å². The van der Waals surface area contributed by atoms with Crippen LogP contribution < -0.4 is 5.43 Å². The van der Waals surface area contributed by atoms with E-state index in [0.717, 1.165) is 19.3 Å². The molecule has 0 atom stereocenters. The Hall–Kier alpha value is -1.42. The Labute approximate surface area is 140 Å². The highest BCUT2D eigenvalue weighted by molar-refractivity contribution is 6.33. The number of nitrogens with zero attached hydrogens (tertiary/aromatic N) is 1. The summed E-state index contributed by atoms with van der Waals surface area (Å²) in [7, 11) is 0. The number of hydrazone groups is 1. The molecule has 0 heterocycles. The van der Waals surface area contributed by atoms with Crippen LogP contribution in [0.5, 0.6) is 0 Å². The summed E-state index contributed by atoms with van der Waals surface area (Å²) in [5.74, 6) is 1.68. The Balaban J connectivity index is 1.47. The molecule has 4 aliphatic carbocycles. The van der Waals surface area contributed by atoms with Gasteiger partial charge in [-0.1, -0.05) is 17.7 Å². The number of benzene rings is 1. The molecule has 1 N–H and O–H groups in total. The summed E-state index contributed by atoms with van der Waals surface area (Å²) >= 11 is 5.96. The van der Waals surface area contributed by atoms with Crippen molar-refractivity contribution in [2.45, 2.75) is 38.5 Å². The highest BCUT2D eigenvalue weighted by atomic mass is 35.5. The van der Waals surface area contributed by atoms with Gasteiger partial charge in [-0.3, -0.25) is 4.79 Å². The Bertz CT molecular complexity index is 617. The lowest BCUT2D eigenvalue weighted by Crippen LogP contribution is -2.52. The maximum absolute atomic E-state index is 13.7. The van der Waals surface area contributed by atoms with Crippen LogP contribution in [0, 0.1) is 29.0 Å². The summed E-state index contributed by atoms with van der Waals surface area (Å²) < 4.78 is 13.7. The van der Waals surface area contributed by atoms with Crippen molar-refractivity contribution < 1.29 is 9.18 Å². The van der Waals surface area contributed by atoms with Gasteiger partial charge in [0.2, 0.25) is 5.91 Å². The van der Waals surface area contributed by atoms with Crippen molar-refractivity contribution >= 4 is 23.7 Å². The number of rotatable bonds is 3. The zero-order chi connectivity index (χ0) is 16.0. The van der Waals surface area contributed by atoms with E-state index in [0.29, 0.717) is 17.8 Å². The van der Waals surface area contributed by atoms with Crippen LogP contribution in [0.3, 0.4) is 0 Å². The van der Waals surface area contributed by atoms with Gasteiger partial charge in [-0.05, 0) is 68.4 Å². The Morgan fingerprint density at radius 3 is 2.39 bits per heavy atom. The zero-order valence-corrected chi connectivity index (χ0v) is 13.7. The van der Waals surface area contributed by atoms with Crippen molar-refractivity contribution in [3.05, 3.63) is 34.6 Å². The van der Waals surface area contributed by atoms with Crippen LogP contribution in [-0.2, 0) is 4.79 Å². The van der Waals surface area contributed by atoms with Crippen LogP contribution in [0.1, 0.15) is 44.1 Å². The van der Waals surface area contributed by atoms with Gasteiger partial charge >= 0.3 is 0 Å². The van der Waals surface area contributed by atoms with Crippen molar-refractivity contribution in [2.24, 2.45) is 28.3 Å². The standard InChI is InChI=1S/C18H20ClFN2O/c19-15-2-1-3-16(20)14(15)10-21-22-17(23)18-7-11-4-12(8-18)6-13(5-11)9-18/h1-3,10-13H,4-9H2,(H,22,23)/b21-10+. The fourth-order valence-electron chi connectivity index (χ4n) is 5.30. The highest BCUT2D eigenvalue weighted by Crippen LogP contribution is 2.60. The largest absolute Gasteiger partial charge is 0.273 e. The molecule has 4 bridgehead atoms. The Morgan fingerprint density at radius 1 is 1.22 bits per heavy atom. The fourth-order valence-corrected chi connectivity index (χ4v) is 5.51. The molecule has 0 saturated heterocycles.